The maximum Gasteiger partial charge on any atom is 0.128 e. The molecule has 4 nitrogen and oxygen atoms in total. The number of hydrogen-bond acceptors (Lipinski definition) is 4. The second kappa shape index (κ2) is 9.20. The molecule has 0 aliphatic heterocycles. The van der Waals surface area contributed by atoms with E-state index in [2.05, 4.69) is 33.4 Å². The third-order valence-corrected chi connectivity index (χ3v) is 3.68. The molecule has 23 heavy (non-hydrogen) atoms. The van der Waals surface area contributed by atoms with Crippen LogP contribution in [0.3, 0.4) is 0 Å². The van der Waals surface area contributed by atoms with Crippen molar-refractivity contribution in [3.63, 3.8) is 0 Å². The predicted molar refractivity (Wildman–Crippen MR) is 97.4 cm³/mol. The first-order chi connectivity index (χ1) is 11.2. The fourth-order valence-electron chi connectivity index (χ4n) is 2.06. The zero-order chi connectivity index (χ0) is 16.5. The van der Waals surface area contributed by atoms with Crippen molar-refractivity contribution in [3.05, 3.63) is 58.1 Å². The van der Waals surface area contributed by atoms with E-state index < -0.39 is 0 Å². The van der Waals surface area contributed by atoms with Gasteiger partial charge in [0, 0.05) is 15.6 Å². The Morgan fingerprint density at radius 3 is 2.78 bits per heavy atom. The maximum atomic E-state index is 5.73. The summed E-state index contributed by atoms with van der Waals surface area (Å²) >= 11 is 3.47. The highest BCUT2D eigenvalue weighted by Gasteiger charge is 2.03. The van der Waals surface area contributed by atoms with Crippen molar-refractivity contribution < 1.29 is 9.47 Å². The van der Waals surface area contributed by atoms with Crippen LogP contribution in [0.1, 0.15) is 24.5 Å². The second-order valence-corrected chi connectivity index (χ2v) is 5.85. The Morgan fingerprint density at radius 2 is 2.00 bits per heavy atom. The Balaban J connectivity index is 2.01. The van der Waals surface area contributed by atoms with Gasteiger partial charge in [-0.1, -0.05) is 41.1 Å². The number of nitrogens with zero attached hydrogens (tertiary/aromatic N) is 1. The Bertz CT molecular complexity index is 659. The summed E-state index contributed by atoms with van der Waals surface area (Å²) in [7, 11) is 1.67. The van der Waals surface area contributed by atoms with E-state index in [1.165, 1.54) is 0 Å². The van der Waals surface area contributed by atoms with Crippen LogP contribution < -0.4 is 14.9 Å². The molecule has 0 spiro atoms. The summed E-state index contributed by atoms with van der Waals surface area (Å²) in [5, 5.41) is 4.29. The van der Waals surface area contributed by atoms with E-state index in [4.69, 9.17) is 9.47 Å². The molecule has 0 atom stereocenters. The summed E-state index contributed by atoms with van der Waals surface area (Å²) in [6, 6.07) is 13.8. The van der Waals surface area contributed by atoms with Crippen molar-refractivity contribution in [2.45, 2.75) is 19.9 Å². The average molecular weight is 377 g/mol. The van der Waals surface area contributed by atoms with Gasteiger partial charge in [0.1, 0.15) is 11.5 Å². The highest BCUT2D eigenvalue weighted by molar-refractivity contribution is 9.10. The summed E-state index contributed by atoms with van der Waals surface area (Å²) in [4.78, 5) is 0. The molecule has 0 radical (unpaired) electrons. The lowest BCUT2D eigenvalue weighted by atomic mass is 10.2. The van der Waals surface area contributed by atoms with Gasteiger partial charge in [-0.05, 0) is 30.7 Å². The maximum absolute atomic E-state index is 5.73. The topological polar surface area (TPSA) is 42.8 Å². The normalized spacial score (nSPS) is 10.7. The molecule has 0 saturated heterocycles. The highest BCUT2D eigenvalue weighted by atomic mass is 79.9. The largest absolute Gasteiger partial charge is 0.496 e. The molecule has 2 rings (SSSR count). The van der Waals surface area contributed by atoms with Gasteiger partial charge < -0.3 is 14.9 Å². The van der Waals surface area contributed by atoms with Crippen molar-refractivity contribution in [2.24, 2.45) is 5.10 Å². The van der Waals surface area contributed by atoms with E-state index >= 15 is 0 Å². The molecule has 122 valence electrons. The van der Waals surface area contributed by atoms with Crippen LogP contribution in [0.25, 0.3) is 0 Å². The number of rotatable bonds is 8. The van der Waals surface area contributed by atoms with Gasteiger partial charge in [0.2, 0.25) is 0 Å². The minimum atomic E-state index is 0.597. The lowest BCUT2D eigenvalue weighted by Crippen LogP contribution is -2.07. The molecule has 0 heterocycles. The fraction of sp³-hybridized carbons (Fsp3) is 0.278. The number of methoxy groups -OCH3 is 1. The molecule has 0 aromatic heterocycles. The molecule has 2 aromatic carbocycles. The smallest absolute Gasteiger partial charge is 0.128 e. The molecule has 5 heteroatoms. The molecule has 0 saturated carbocycles. The van der Waals surface area contributed by atoms with Crippen molar-refractivity contribution in [3.8, 4) is 11.5 Å². The van der Waals surface area contributed by atoms with Crippen LogP contribution in [0.2, 0.25) is 0 Å². The van der Waals surface area contributed by atoms with Crippen molar-refractivity contribution in [2.75, 3.05) is 13.7 Å². The summed E-state index contributed by atoms with van der Waals surface area (Å²) in [6.07, 6.45) is 2.74. The number of ether oxygens (including phenoxy) is 2. The van der Waals surface area contributed by atoms with Crippen LogP contribution in [-0.2, 0) is 6.54 Å². The van der Waals surface area contributed by atoms with Crippen LogP contribution >= 0.6 is 15.9 Å². The number of benzene rings is 2. The van der Waals surface area contributed by atoms with E-state index in [1.54, 1.807) is 13.3 Å². The minimum absolute atomic E-state index is 0.597. The molecule has 0 amide bonds. The first-order valence-electron chi connectivity index (χ1n) is 7.54. The summed E-state index contributed by atoms with van der Waals surface area (Å²) in [6.45, 7) is 3.37. The Hall–Kier alpha value is -2.01. The SMILES string of the molecule is CCCOc1ccc(Br)cc1/C=N/NCc1ccccc1OC. The number of nitrogens with one attached hydrogen (secondary N) is 1. The van der Waals surface area contributed by atoms with Gasteiger partial charge in [0.15, 0.2) is 0 Å². The van der Waals surface area contributed by atoms with E-state index in [-0.39, 0.29) is 0 Å². The van der Waals surface area contributed by atoms with Crippen LogP contribution in [0, 0.1) is 0 Å². The van der Waals surface area contributed by atoms with Gasteiger partial charge in [0.25, 0.3) is 0 Å². The fourth-order valence-corrected chi connectivity index (χ4v) is 2.44. The first kappa shape index (κ1) is 17.3. The van der Waals surface area contributed by atoms with E-state index in [9.17, 15) is 0 Å². The van der Waals surface area contributed by atoms with Crippen LogP contribution in [0.4, 0.5) is 0 Å². The Morgan fingerprint density at radius 1 is 1.17 bits per heavy atom. The summed E-state index contributed by atoms with van der Waals surface area (Å²) in [5.74, 6) is 1.68. The molecule has 0 fully saturated rings. The van der Waals surface area contributed by atoms with Gasteiger partial charge in [0.05, 0.1) is 26.5 Å². The van der Waals surface area contributed by atoms with E-state index in [0.717, 1.165) is 33.5 Å². The van der Waals surface area contributed by atoms with Crippen LogP contribution in [-0.4, -0.2) is 19.9 Å². The number of hydrogen-bond donors (Lipinski definition) is 1. The molecule has 0 aliphatic carbocycles. The quantitative estimate of drug-likeness (QED) is 0.549. The minimum Gasteiger partial charge on any atom is -0.496 e. The first-order valence-corrected chi connectivity index (χ1v) is 8.34. The van der Waals surface area contributed by atoms with Crippen LogP contribution in [0.5, 0.6) is 11.5 Å². The van der Waals surface area contributed by atoms with Gasteiger partial charge in [-0.25, -0.2) is 0 Å². The molecule has 2 aromatic rings. The van der Waals surface area contributed by atoms with Gasteiger partial charge in [-0.15, -0.1) is 0 Å². The van der Waals surface area contributed by atoms with E-state index in [1.807, 2.05) is 42.5 Å². The van der Waals surface area contributed by atoms with Crippen molar-refractivity contribution in [1.29, 1.82) is 0 Å². The highest BCUT2D eigenvalue weighted by Crippen LogP contribution is 2.22. The van der Waals surface area contributed by atoms with Crippen LogP contribution in [0.15, 0.2) is 52.0 Å². The van der Waals surface area contributed by atoms with Crippen molar-refractivity contribution in [1.82, 2.24) is 5.43 Å². The third kappa shape index (κ3) is 5.28. The van der Waals surface area contributed by atoms with Gasteiger partial charge in [-0.3, -0.25) is 0 Å². The number of para-hydroxylation sites is 1. The molecular formula is C18H21BrN2O2. The van der Waals surface area contributed by atoms with E-state index in [0.29, 0.717) is 13.2 Å². The molecule has 0 aliphatic rings. The summed E-state index contributed by atoms with van der Waals surface area (Å²) < 4.78 is 12.0. The Labute approximate surface area is 145 Å². The zero-order valence-corrected chi connectivity index (χ0v) is 15.0. The molecule has 1 N–H and O–H groups in total. The Kier molecular flexibility index (Phi) is 6.94. The second-order valence-electron chi connectivity index (χ2n) is 4.94. The predicted octanol–water partition coefficient (Wildman–Crippen LogP) is 4.37. The lowest BCUT2D eigenvalue weighted by molar-refractivity contribution is 0.317. The number of hydrazone groups is 1. The molecule has 0 unspecified atom stereocenters. The van der Waals surface area contributed by atoms with Gasteiger partial charge in [-0.2, -0.15) is 5.10 Å². The third-order valence-electron chi connectivity index (χ3n) is 3.19. The zero-order valence-electron chi connectivity index (χ0n) is 13.4. The molecular weight excluding hydrogens is 356 g/mol. The van der Waals surface area contributed by atoms with Crippen molar-refractivity contribution >= 4 is 22.1 Å². The lowest BCUT2D eigenvalue weighted by Gasteiger charge is -2.09. The number of halogens is 1. The van der Waals surface area contributed by atoms with Gasteiger partial charge >= 0.3 is 0 Å². The monoisotopic (exact) mass is 376 g/mol. The average Bonchev–Trinajstić information content (AvgIpc) is 2.58. The molecule has 0 bridgehead atoms. The standard InChI is InChI=1S/C18H21BrN2O2/c1-3-10-23-18-9-8-16(19)11-15(18)13-21-20-12-14-6-4-5-7-17(14)22-2/h4-9,11,13,20H,3,10,12H2,1-2H3/b21-13+. The summed E-state index contributed by atoms with van der Waals surface area (Å²) in [5.41, 5.74) is 5.04.